The molecule has 1 aliphatic heterocycles. The third-order valence-corrected chi connectivity index (χ3v) is 7.20. The number of carboxylic acid groups (broad SMARTS) is 1. The predicted molar refractivity (Wildman–Crippen MR) is 124 cm³/mol. The van der Waals surface area contributed by atoms with Gasteiger partial charge in [-0.2, -0.15) is 0 Å². The Labute approximate surface area is 193 Å². The summed E-state index contributed by atoms with van der Waals surface area (Å²) in [6, 6.07) is 9.51. The summed E-state index contributed by atoms with van der Waals surface area (Å²) in [5.74, 6) is -0.0883. The molecule has 0 saturated heterocycles. The number of carboxylic acids is 1. The first-order valence-corrected chi connectivity index (χ1v) is 12.1. The molecule has 0 radical (unpaired) electrons. The Morgan fingerprint density at radius 2 is 1.79 bits per heavy atom. The van der Waals surface area contributed by atoms with E-state index in [1.807, 2.05) is 12.1 Å². The first-order valence-electron chi connectivity index (χ1n) is 12.1. The summed E-state index contributed by atoms with van der Waals surface area (Å²) in [7, 11) is 0. The number of aliphatic imine (C=N–C) groups is 1. The highest BCUT2D eigenvalue weighted by atomic mass is 19.1. The molecule has 2 heterocycles. The maximum absolute atomic E-state index is 15.0. The van der Waals surface area contributed by atoms with Crippen LogP contribution in [0.15, 0.2) is 41.5 Å². The highest BCUT2D eigenvalue weighted by Gasteiger charge is 2.31. The van der Waals surface area contributed by atoms with Gasteiger partial charge in [0, 0.05) is 23.9 Å². The van der Waals surface area contributed by atoms with Gasteiger partial charge < -0.3 is 15.2 Å². The van der Waals surface area contributed by atoms with Gasteiger partial charge in [-0.05, 0) is 62.3 Å². The second-order valence-corrected chi connectivity index (χ2v) is 9.44. The van der Waals surface area contributed by atoms with Gasteiger partial charge in [0.2, 0.25) is 5.88 Å². The minimum Gasteiger partial charge on any atom is -0.481 e. The second kappa shape index (κ2) is 9.49. The summed E-state index contributed by atoms with van der Waals surface area (Å²) in [6.07, 6.45) is 10.2. The number of aliphatic carboxylic acids is 1. The van der Waals surface area contributed by atoms with E-state index in [4.69, 9.17) is 14.8 Å². The number of hydrogen-bond acceptors (Lipinski definition) is 5. The van der Waals surface area contributed by atoms with Crippen molar-refractivity contribution in [1.29, 1.82) is 0 Å². The Morgan fingerprint density at radius 1 is 1.00 bits per heavy atom. The first-order chi connectivity index (χ1) is 16.1. The van der Waals surface area contributed by atoms with Crippen molar-refractivity contribution in [3.05, 3.63) is 47.9 Å². The molecule has 5 rings (SSSR count). The summed E-state index contributed by atoms with van der Waals surface area (Å²) < 4.78 is 21.0. The van der Waals surface area contributed by atoms with Gasteiger partial charge in [-0.15, -0.1) is 0 Å². The van der Waals surface area contributed by atoms with Crippen LogP contribution in [0.4, 0.5) is 4.39 Å². The fourth-order valence-electron chi connectivity index (χ4n) is 5.24. The Hall–Kier alpha value is -2.96. The fourth-order valence-corrected chi connectivity index (χ4v) is 5.24. The van der Waals surface area contributed by atoms with Crippen LogP contribution in [-0.4, -0.2) is 40.1 Å². The molecule has 33 heavy (non-hydrogen) atoms. The number of aromatic nitrogens is 1. The summed E-state index contributed by atoms with van der Waals surface area (Å²) in [5.41, 5.74) is 2.09. The molecule has 2 saturated carbocycles. The predicted octanol–water partition coefficient (Wildman–Crippen LogP) is 4.96. The summed E-state index contributed by atoms with van der Waals surface area (Å²) in [6.45, 7) is 0. The topological polar surface area (TPSA) is 83.8 Å². The van der Waals surface area contributed by atoms with Crippen LogP contribution < -0.4 is 10.1 Å². The van der Waals surface area contributed by atoms with E-state index in [9.17, 15) is 4.79 Å². The quantitative estimate of drug-likeness (QED) is 0.671. The lowest BCUT2D eigenvalue weighted by molar-refractivity contribution is -0.143. The number of hydrogen-bond donors (Lipinski definition) is 2. The summed E-state index contributed by atoms with van der Waals surface area (Å²) in [5, 5.41) is 12.6. The van der Waals surface area contributed by atoms with Gasteiger partial charge >= 0.3 is 5.97 Å². The van der Waals surface area contributed by atoms with Crippen molar-refractivity contribution in [2.45, 2.75) is 76.0 Å². The lowest BCUT2D eigenvalue weighted by Gasteiger charge is -2.26. The van der Waals surface area contributed by atoms with Gasteiger partial charge in [-0.3, -0.25) is 9.79 Å². The lowest BCUT2D eigenvalue weighted by atomic mass is 9.87. The second-order valence-electron chi connectivity index (χ2n) is 9.44. The van der Waals surface area contributed by atoms with E-state index >= 15 is 4.39 Å². The smallest absolute Gasteiger partial charge is 0.306 e. The molecule has 2 aliphatic carbocycles. The molecule has 3 aliphatic rings. The van der Waals surface area contributed by atoms with Gasteiger partial charge in [-0.1, -0.05) is 25.3 Å². The largest absolute Gasteiger partial charge is 0.481 e. The van der Waals surface area contributed by atoms with Crippen LogP contribution >= 0.6 is 0 Å². The highest BCUT2D eigenvalue weighted by Crippen LogP contribution is 2.30. The highest BCUT2D eigenvalue weighted by molar-refractivity contribution is 6.01. The SMILES string of the molecule is O=C(O)[C@H]1CC[C@@H](Oc2ccc(-c3ccc(C4=NC5CCCCCC5N4)c(F)c3)cn2)CC1. The molecule has 0 bridgehead atoms. The molecule has 174 valence electrons. The lowest BCUT2D eigenvalue weighted by Crippen LogP contribution is -2.34. The number of nitrogens with one attached hydrogen (secondary N) is 1. The van der Waals surface area contributed by atoms with Crippen molar-refractivity contribution in [3.63, 3.8) is 0 Å². The zero-order valence-electron chi connectivity index (χ0n) is 18.7. The average molecular weight is 452 g/mol. The molecular weight excluding hydrogens is 421 g/mol. The van der Waals surface area contributed by atoms with Crippen molar-refractivity contribution in [2.75, 3.05) is 0 Å². The molecule has 0 spiro atoms. The molecule has 2 fully saturated rings. The number of nitrogens with zero attached hydrogens (tertiary/aromatic N) is 2. The monoisotopic (exact) mass is 451 g/mol. The number of pyridine rings is 1. The van der Waals surface area contributed by atoms with Crippen LogP contribution in [0, 0.1) is 11.7 Å². The molecule has 6 nitrogen and oxygen atoms in total. The van der Waals surface area contributed by atoms with E-state index in [-0.39, 0.29) is 23.9 Å². The van der Waals surface area contributed by atoms with Crippen molar-refractivity contribution in [1.82, 2.24) is 10.3 Å². The molecular formula is C26H30FN3O3. The van der Waals surface area contributed by atoms with Crippen LogP contribution in [0.25, 0.3) is 11.1 Å². The van der Waals surface area contributed by atoms with Crippen LogP contribution in [0.1, 0.15) is 63.4 Å². The van der Waals surface area contributed by atoms with Gasteiger partial charge in [0.25, 0.3) is 0 Å². The van der Waals surface area contributed by atoms with Gasteiger partial charge in [0.1, 0.15) is 17.8 Å². The molecule has 2 aromatic rings. The van der Waals surface area contributed by atoms with E-state index in [0.717, 1.165) is 24.0 Å². The number of benzene rings is 1. The molecule has 0 amide bonds. The average Bonchev–Trinajstić information content (AvgIpc) is 3.09. The van der Waals surface area contributed by atoms with Crippen molar-refractivity contribution >= 4 is 11.8 Å². The van der Waals surface area contributed by atoms with E-state index in [1.165, 1.54) is 19.3 Å². The van der Waals surface area contributed by atoms with Gasteiger partial charge in [0.15, 0.2) is 0 Å². The Kier molecular flexibility index (Phi) is 6.29. The molecule has 1 aromatic heterocycles. The van der Waals surface area contributed by atoms with Crippen LogP contribution in [0.2, 0.25) is 0 Å². The van der Waals surface area contributed by atoms with E-state index in [2.05, 4.69) is 10.3 Å². The number of ether oxygens (including phenoxy) is 1. The zero-order chi connectivity index (χ0) is 22.8. The van der Waals surface area contributed by atoms with E-state index in [1.54, 1.807) is 24.4 Å². The van der Waals surface area contributed by atoms with Crippen LogP contribution in [0.5, 0.6) is 5.88 Å². The maximum Gasteiger partial charge on any atom is 0.306 e. The Morgan fingerprint density at radius 3 is 2.52 bits per heavy atom. The third-order valence-electron chi connectivity index (χ3n) is 7.20. The first kappa shape index (κ1) is 21.9. The van der Waals surface area contributed by atoms with Gasteiger partial charge in [0.05, 0.1) is 17.5 Å². The molecule has 2 N–H and O–H groups in total. The number of halogens is 1. The normalized spacial score (nSPS) is 27.1. The maximum atomic E-state index is 15.0. The Balaban J connectivity index is 1.23. The van der Waals surface area contributed by atoms with E-state index < -0.39 is 5.97 Å². The molecule has 7 heteroatoms. The summed E-state index contributed by atoms with van der Waals surface area (Å²) in [4.78, 5) is 20.3. The minimum absolute atomic E-state index is 0.0108. The van der Waals surface area contributed by atoms with Crippen LogP contribution in [0.3, 0.4) is 0 Å². The number of amidine groups is 1. The minimum atomic E-state index is -0.723. The van der Waals surface area contributed by atoms with Crippen molar-refractivity contribution < 1.29 is 19.0 Å². The Bertz CT molecular complexity index is 1030. The zero-order valence-corrected chi connectivity index (χ0v) is 18.7. The standard InChI is InChI=1S/C26H30FN3O3/c27-21-14-17(8-12-20(21)25-29-22-4-2-1-3-5-23(22)30-25)18-9-13-24(28-15-18)33-19-10-6-16(7-11-19)26(31)32/h8-9,12-16,19,22-23H,1-7,10-11H2,(H,29,30)(H,31,32)/t16-,19+,22?,23?. The molecule has 1 aromatic carbocycles. The molecule has 2 atom stereocenters. The van der Waals surface area contributed by atoms with Crippen molar-refractivity contribution in [3.8, 4) is 17.0 Å². The number of fused-ring (bicyclic) bond motifs is 1. The van der Waals surface area contributed by atoms with Gasteiger partial charge in [-0.25, -0.2) is 9.37 Å². The van der Waals surface area contributed by atoms with E-state index in [0.29, 0.717) is 49.0 Å². The third kappa shape index (κ3) is 4.87. The molecule has 2 unspecified atom stereocenters. The number of carbonyl (C=O) groups is 1. The fraction of sp³-hybridized carbons (Fsp3) is 0.500. The summed E-state index contributed by atoms with van der Waals surface area (Å²) >= 11 is 0. The van der Waals surface area contributed by atoms with Crippen molar-refractivity contribution in [2.24, 2.45) is 10.9 Å². The van der Waals surface area contributed by atoms with Crippen LogP contribution in [-0.2, 0) is 4.79 Å². The number of rotatable bonds is 5.